The molecule has 0 amide bonds. The maximum absolute atomic E-state index is 13.7. The van der Waals surface area contributed by atoms with Crippen molar-refractivity contribution >= 4 is 82.1 Å². The van der Waals surface area contributed by atoms with Gasteiger partial charge in [-0.2, -0.15) is 0 Å². The summed E-state index contributed by atoms with van der Waals surface area (Å²) in [6.45, 7) is 0. The molecule has 0 N–H and O–H groups in total. The molecule has 0 unspecified atom stereocenters. The van der Waals surface area contributed by atoms with Gasteiger partial charge in [0.1, 0.15) is 11.2 Å². The Morgan fingerprint density at radius 3 is 2.14 bits per heavy atom. The molecule has 0 saturated carbocycles. The van der Waals surface area contributed by atoms with E-state index in [1.54, 1.807) is 11.3 Å². The zero-order chi connectivity index (χ0) is 28.2. The van der Waals surface area contributed by atoms with Crippen LogP contribution in [0.2, 0.25) is 5.02 Å². The van der Waals surface area contributed by atoms with Gasteiger partial charge in [-0.25, -0.2) is 0 Å². The fraction of sp³-hybridized carbons (Fsp3) is 0. The van der Waals surface area contributed by atoms with Crippen LogP contribution in [0, 0.1) is 0 Å². The van der Waals surface area contributed by atoms with E-state index in [4.69, 9.17) is 16.0 Å². The predicted molar refractivity (Wildman–Crippen MR) is 178 cm³/mol. The SMILES string of the molecule is O=c1c2cc(N(c3ccccc3)c3cc(-c4ccccc4)c4oc5ccccc5c4c3)ccc2sc2c(Cl)cccc12. The summed E-state index contributed by atoms with van der Waals surface area (Å²) in [4.78, 5) is 15.9. The van der Waals surface area contributed by atoms with Gasteiger partial charge in [-0.05, 0) is 66.2 Å². The van der Waals surface area contributed by atoms with Gasteiger partial charge in [0.2, 0.25) is 0 Å². The molecule has 0 radical (unpaired) electrons. The number of benzene rings is 6. The van der Waals surface area contributed by atoms with Gasteiger partial charge >= 0.3 is 0 Å². The number of nitrogens with zero attached hydrogens (tertiary/aromatic N) is 1. The molecule has 0 aliphatic rings. The highest BCUT2D eigenvalue weighted by Crippen LogP contribution is 2.44. The van der Waals surface area contributed by atoms with Crippen LogP contribution in [0.4, 0.5) is 17.1 Å². The summed E-state index contributed by atoms with van der Waals surface area (Å²) in [6.07, 6.45) is 0. The molecule has 0 spiro atoms. The van der Waals surface area contributed by atoms with E-state index >= 15 is 0 Å². The summed E-state index contributed by atoms with van der Waals surface area (Å²) in [7, 11) is 0. The number of anilines is 3. The van der Waals surface area contributed by atoms with Crippen LogP contribution in [0.3, 0.4) is 0 Å². The molecular weight excluding hydrogens is 558 g/mol. The number of fused-ring (bicyclic) bond motifs is 5. The lowest BCUT2D eigenvalue weighted by Crippen LogP contribution is -2.11. The third-order valence-corrected chi connectivity index (χ3v) is 9.36. The summed E-state index contributed by atoms with van der Waals surface area (Å²) in [5, 5.41) is 4.01. The van der Waals surface area contributed by atoms with E-state index in [-0.39, 0.29) is 5.43 Å². The molecular formula is C37H22ClNO2S. The van der Waals surface area contributed by atoms with Crippen LogP contribution in [0.5, 0.6) is 0 Å². The van der Waals surface area contributed by atoms with Gasteiger partial charge in [0.15, 0.2) is 5.43 Å². The molecule has 42 heavy (non-hydrogen) atoms. The van der Waals surface area contributed by atoms with Crippen molar-refractivity contribution < 1.29 is 4.42 Å². The Morgan fingerprint density at radius 2 is 1.31 bits per heavy atom. The molecule has 0 saturated heterocycles. The first kappa shape index (κ1) is 24.9. The van der Waals surface area contributed by atoms with E-state index in [0.717, 1.165) is 59.5 Å². The van der Waals surface area contributed by atoms with Crippen LogP contribution in [-0.2, 0) is 0 Å². The average molecular weight is 580 g/mol. The summed E-state index contributed by atoms with van der Waals surface area (Å²) in [6, 6.07) is 44.7. The van der Waals surface area contributed by atoms with Gasteiger partial charge in [-0.15, -0.1) is 11.3 Å². The third kappa shape index (κ3) is 3.99. The Hall–Kier alpha value is -4.90. The largest absolute Gasteiger partial charge is 0.455 e. The van der Waals surface area contributed by atoms with E-state index in [1.165, 1.54) is 0 Å². The minimum Gasteiger partial charge on any atom is -0.455 e. The van der Waals surface area contributed by atoms with Crippen molar-refractivity contribution in [3.05, 3.63) is 149 Å². The fourth-order valence-electron chi connectivity index (χ4n) is 5.77. The third-order valence-electron chi connectivity index (χ3n) is 7.71. The fourth-order valence-corrected chi connectivity index (χ4v) is 7.11. The highest BCUT2D eigenvalue weighted by atomic mass is 35.5. The maximum Gasteiger partial charge on any atom is 0.195 e. The lowest BCUT2D eigenvalue weighted by molar-refractivity contribution is 0.670. The van der Waals surface area contributed by atoms with Gasteiger partial charge in [0.05, 0.1) is 9.72 Å². The maximum atomic E-state index is 13.7. The lowest BCUT2D eigenvalue weighted by atomic mass is 10.00. The molecule has 0 aliphatic carbocycles. The van der Waals surface area contributed by atoms with Crippen molar-refractivity contribution in [3.63, 3.8) is 0 Å². The molecule has 2 aromatic heterocycles. The van der Waals surface area contributed by atoms with Gasteiger partial charge in [0, 0.05) is 48.9 Å². The van der Waals surface area contributed by atoms with Crippen LogP contribution in [0.1, 0.15) is 0 Å². The molecule has 8 aromatic rings. The van der Waals surface area contributed by atoms with Crippen molar-refractivity contribution in [2.24, 2.45) is 0 Å². The molecule has 0 atom stereocenters. The summed E-state index contributed by atoms with van der Waals surface area (Å²) < 4.78 is 8.15. The number of para-hydroxylation sites is 2. The molecule has 2 heterocycles. The Kier molecular flexibility index (Phi) is 5.85. The number of halogens is 1. The molecule has 200 valence electrons. The minimum atomic E-state index is -0.0163. The van der Waals surface area contributed by atoms with Crippen molar-refractivity contribution in [2.45, 2.75) is 0 Å². The lowest BCUT2D eigenvalue weighted by Gasteiger charge is -2.26. The Bertz CT molecular complexity index is 2340. The molecule has 8 rings (SSSR count). The molecule has 6 aromatic carbocycles. The quantitative estimate of drug-likeness (QED) is 0.194. The van der Waals surface area contributed by atoms with Gasteiger partial charge in [-0.3, -0.25) is 4.79 Å². The second kappa shape index (κ2) is 9.88. The van der Waals surface area contributed by atoms with Crippen LogP contribution in [0.15, 0.2) is 143 Å². The van der Waals surface area contributed by atoms with E-state index in [0.29, 0.717) is 15.8 Å². The van der Waals surface area contributed by atoms with Crippen LogP contribution in [-0.4, -0.2) is 0 Å². The van der Waals surface area contributed by atoms with Crippen molar-refractivity contribution in [3.8, 4) is 11.1 Å². The average Bonchev–Trinajstić information content (AvgIpc) is 3.41. The Balaban J connectivity index is 1.43. The topological polar surface area (TPSA) is 33.5 Å². The van der Waals surface area contributed by atoms with E-state index in [9.17, 15) is 4.79 Å². The Morgan fingerprint density at radius 1 is 0.595 bits per heavy atom. The molecule has 5 heteroatoms. The molecule has 3 nitrogen and oxygen atoms in total. The second-order valence-electron chi connectivity index (χ2n) is 10.2. The van der Waals surface area contributed by atoms with Crippen LogP contribution in [0.25, 0.3) is 53.2 Å². The van der Waals surface area contributed by atoms with E-state index < -0.39 is 0 Å². The number of furan rings is 1. The molecule has 0 aliphatic heterocycles. The molecule has 0 fully saturated rings. The highest BCUT2D eigenvalue weighted by Gasteiger charge is 2.20. The zero-order valence-corrected chi connectivity index (χ0v) is 23.8. The van der Waals surface area contributed by atoms with Crippen LogP contribution >= 0.6 is 22.9 Å². The van der Waals surface area contributed by atoms with Gasteiger partial charge in [-0.1, -0.05) is 84.4 Å². The summed E-state index contributed by atoms with van der Waals surface area (Å²) >= 11 is 8.02. The first-order valence-corrected chi connectivity index (χ1v) is 14.9. The monoisotopic (exact) mass is 579 g/mol. The summed E-state index contributed by atoms with van der Waals surface area (Å²) in [5.74, 6) is 0. The zero-order valence-electron chi connectivity index (χ0n) is 22.3. The normalized spacial score (nSPS) is 11.5. The highest BCUT2D eigenvalue weighted by molar-refractivity contribution is 7.25. The summed E-state index contributed by atoms with van der Waals surface area (Å²) in [5.41, 5.74) is 6.62. The smallest absolute Gasteiger partial charge is 0.195 e. The number of hydrogen-bond donors (Lipinski definition) is 0. The first-order chi connectivity index (χ1) is 20.7. The molecule has 0 bridgehead atoms. The second-order valence-corrected chi connectivity index (χ2v) is 11.7. The number of rotatable bonds is 4. The van der Waals surface area contributed by atoms with Gasteiger partial charge in [0.25, 0.3) is 0 Å². The van der Waals surface area contributed by atoms with E-state index in [2.05, 4.69) is 53.4 Å². The first-order valence-electron chi connectivity index (χ1n) is 13.7. The van der Waals surface area contributed by atoms with Crippen LogP contribution < -0.4 is 10.3 Å². The minimum absolute atomic E-state index is 0.0163. The number of hydrogen-bond acceptors (Lipinski definition) is 4. The predicted octanol–water partition coefficient (Wildman–Crippen LogP) is 11.1. The Labute approximate surface area is 250 Å². The van der Waals surface area contributed by atoms with Gasteiger partial charge < -0.3 is 9.32 Å². The van der Waals surface area contributed by atoms with Crippen molar-refractivity contribution in [1.82, 2.24) is 0 Å². The van der Waals surface area contributed by atoms with Crippen molar-refractivity contribution in [2.75, 3.05) is 4.90 Å². The standard InChI is InChI=1S/C37H22ClNO2S/c38-32-16-9-15-28-35(40)31-20-25(18-19-34(31)42-37(28)32)39(24-12-5-2-6-13-24)26-21-29(23-10-3-1-4-11-23)36-30(22-26)27-14-7-8-17-33(27)41-36/h1-22H. The van der Waals surface area contributed by atoms with E-state index in [1.807, 2.05) is 84.9 Å². The van der Waals surface area contributed by atoms with Crippen molar-refractivity contribution in [1.29, 1.82) is 0 Å².